The standard InChI is InChI=1S/C20H32N4O10/c1-8(2)12(22)17(28)34-14-10(7-31-18-20(3,30)15(27)9(6-25)33-18)32-16(13(14)26)24-5-4-11(21)23-19(24)29/h4-5,8-10,12-16,18,25-27,30H,6-7,22H2,1-3H3,(H2,21,23,29)/t9-,10-,12+,13-,14-,15-,16-,18?,20-/m1/s1. The number of aliphatic hydroxyl groups excluding tert-OH is 3. The highest BCUT2D eigenvalue weighted by atomic mass is 16.7. The van der Waals surface area contributed by atoms with Crippen LogP contribution < -0.4 is 17.2 Å². The van der Waals surface area contributed by atoms with Crippen LogP contribution in [-0.4, -0.2) is 97.6 Å². The third kappa shape index (κ3) is 5.08. The molecule has 2 aliphatic rings. The maximum absolute atomic E-state index is 12.5. The van der Waals surface area contributed by atoms with Crippen molar-refractivity contribution in [2.24, 2.45) is 11.7 Å². The van der Waals surface area contributed by atoms with Crippen LogP contribution in [0, 0.1) is 5.92 Å². The lowest BCUT2D eigenvalue weighted by Crippen LogP contribution is -2.48. The fraction of sp³-hybridized carbons (Fsp3) is 0.750. The van der Waals surface area contributed by atoms with Crippen LogP contribution in [0.3, 0.4) is 0 Å². The molecule has 0 aromatic carbocycles. The van der Waals surface area contributed by atoms with E-state index in [1.807, 2.05) is 0 Å². The minimum absolute atomic E-state index is 0.0305. The van der Waals surface area contributed by atoms with E-state index in [0.717, 1.165) is 4.57 Å². The third-order valence-corrected chi connectivity index (χ3v) is 6.00. The zero-order chi connectivity index (χ0) is 25.4. The highest BCUT2D eigenvalue weighted by Crippen LogP contribution is 2.35. The SMILES string of the molecule is CC(C)[C@H](N)C(=O)O[C@H]1[C@@H](O)[C@H](n2ccc(N)nc2=O)O[C@@H]1COC1O[C@H](CO)[C@@H](O)[C@@]1(C)O. The normalized spacial score (nSPS) is 36.7. The summed E-state index contributed by atoms with van der Waals surface area (Å²) in [6.07, 6.45) is -7.86. The Morgan fingerprint density at radius 3 is 2.56 bits per heavy atom. The Kier molecular flexibility index (Phi) is 7.94. The molecule has 34 heavy (non-hydrogen) atoms. The van der Waals surface area contributed by atoms with Gasteiger partial charge in [-0.1, -0.05) is 13.8 Å². The van der Waals surface area contributed by atoms with Gasteiger partial charge in [-0.25, -0.2) is 4.79 Å². The van der Waals surface area contributed by atoms with Crippen molar-refractivity contribution in [3.63, 3.8) is 0 Å². The van der Waals surface area contributed by atoms with Crippen molar-refractivity contribution >= 4 is 11.8 Å². The average Bonchev–Trinajstić information content (AvgIpc) is 3.19. The highest BCUT2D eigenvalue weighted by Gasteiger charge is 2.54. The number of nitrogens with two attached hydrogens (primary N) is 2. The summed E-state index contributed by atoms with van der Waals surface area (Å²) < 4.78 is 23.1. The molecule has 1 aromatic rings. The van der Waals surface area contributed by atoms with E-state index in [1.165, 1.54) is 19.2 Å². The van der Waals surface area contributed by atoms with Gasteiger partial charge in [0.05, 0.1) is 13.2 Å². The Hall–Kier alpha value is -2.17. The van der Waals surface area contributed by atoms with Crippen molar-refractivity contribution < 1.29 is 44.2 Å². The number of carbonyl (C=O) groups is 1. The number of carbonyl (C=O) groups excluding carboxylic acids is 1. The number of hydrogen-bond donors (Lipinski definition) is 6. The Balaban J connectivity index is 1.81. The van der Waals surface area contributed by atoms with Crippen LogP contribution in [0.2, 0.25) is 0 Å². The van der Waals surface area contributed by atoms with Gasteiger partial charge in [0.25, 0.3) is 0 Å². The second-order valence-electron chi connectivity index (χ2n) is 8.96. The van der Waals surface area contributed by atoms with E-state index in [-0.39, 0.29) is 18.3 Å². The summed E-state index contributed by atoms with van der Waals surface area (Å²) in [6.45, 7) is 3.77. The Bertz CT molecular complexity index is 925. The number of hydrogen-bond acceptors (Lipinski definition) is 13. The fourth-order valence-electron chi connectivity index (χ4n) is 3.75. The molecule has 2 fully saturated rings. The lowest BCUT2D eigenvalue weighted by molar-refractivity contribution is -0.218. The van der Waals surface area contributed by atoms with Gasteiger partial charge in [0.1, 0.15) is 41.9 Å². The Morgan fingerprint density at radius 1 is 1.32 bits per heavy atom. The molecule has 0 bridgehead atoms. The fourth-order valence-corrected chi connectivity index (χ4v) is 3.75. The van der Waals surface area contributed by atoms with Gasteiger partial charge in [0.15, 0.2) is 18.6 Å². The highest BCUT2D eigenvalue weighted by molar-refractivity contribution is 5.76. The summed E-state index contributed by atoms with van der Waals surface area (Å²) in [5.74, 6) is -1.08. The van der Waals surface area contributed by atoms with Crippen molar-refractivity contribution in [3.8, 4) is 0 Å². The molecule has 8 N–H and O–H groups in total. The van der Waals surface area contributed by atoms with Crippen LogP contribution in [0.15, 0.2) is 17.1 Å². The predicted molar refractivity (Wildman–Crippen MR) is 114 cm³/mol. The molecule has 1 aromatic heterocycles. The second kappa shape index (κ2) is 10.2. The molecule has 2 aliphatic heterocycles. The summed E-state index contributed by atoms with van der Waals surface area (Å²) in [6, 6.07) is 0.352. The predicted octanol–water partition coefficient (Wildman–Crippen LogP) is -3.18. The van der Waals surface area contributed by atoms with E-state index in [4.69, 9.17) is 30.4 Å². The number of esters is 1. The van der Waals surface area contributed by atoms with E-state index < -0.39 is 72.9 Å². The topological polar surface area (TPSA) is 222 Å². The number of nitrogens with zero attached hydrogens (tertiary/aromatic N) is 2. The van der Waals surface area contributed by atoms with E-state index in [0.29, 0.717) is 0 Å². The Morgan fingerprint density at radius 2 is 2.00 bits per heavy atom. The molecule has 3 rings (SSSR count). The molecule has 0 radical (unpaired) electrons. The summed E-state index contributed by atoms with van der Waals surface area (Å²) in [5.41, 5.74) is 8.70. The molecule has 0 saturated carbocycles. The second-order valence-corrected chi connectivity index (χ2v) is 8.96. The molecular weight excluding hydrogens is 456 g/mol. The lowest BCUT2D eigenvalue weighted by atomic mass is 9.98. The summed E-state index contributed by atoms with van der Waals surface area (Å²) in [4.78, 5) is 28.4. The molecule has 2 saturated heterocycles. The molecular formula is C20H32N4O10. The van der Waals surface area contributed by atoms with Crippen LogP contribution >= 0.6 is 0 Å². The average molecular weight is 488 g/mol. The number of anilines is 1. The molecule has 192 valence electrons. The van der Waals surface area contributed by atoms with Gasteiger partial charge < -0.3 is 50.8 Å². The molecule has 1 unspecified atom stereocenters. The number of rotatable bonds is 8. The molecule has 14 heteroatoms. The molecule has 0 aliphatic carbocycles. The van der Waals surface area contributed by atoms with Gasteiger partial charge in [-0.3, -0.25) is 9.36 Å². The van der Waals surface area contributed by atoms with Gasteiger partial charge in [0, 0.05) is 6.20 Å². The van der Waals surface area contributed by atoms with Gasteiger partial charge >= 0.3 is 11.7 Å². The smallest absolute Gasteiger partial charge is 0.351 e. The summed E-state index contributed by atoms with van der Waals surface area (Å²) in [5, 5.41) is 40.8. The maximum atomic E-state index is 12.5. The van der Waals surface area contributed by atoms with E-state index in [9.17, 15) is 30.0 Å². The van der Waals surface area contributed by atoms with Crippen LogP contribution in [0.25, 0.3) is 0 Å². The summed E-state index contributed by atoms with van der Waals surface area (Å²) in [7, 11) is 0. The largest absolute Gasteiger partial charge is 0.455 e. The van der Waals surface area contributed by atoms with Gasteiger partial charge in [0.2, 0.25) is 0 Å². The molecule has 0 amide bonds. The maximum Gasteiger partial charge on any atom is 0.351 e. The van der Waals surface area contributed by atoms with Crippen LogP contribution in [0.1, 0.15) is 27.0 Å². The number of aromatic nitrogens is 2. The monoisotopic (exact) mass is 488 g/mol. The zero-order valence-electron chi connectivity index (χ0n) is 19.1. The van der Waals surface area contributed by atoms with E-state index in [1.54, 1.807) is 13.8 Å². The first-order valence-electron chi connectivity index (χ1n) is 10.8. The van der Waals surface area contributed by atoms with Crippen molar-refractivity contribution in [2.45, 2.75) is 75.5 Å². The first-order chi connectivity index (χ1) is 15.9. The molecule has 0 spiro atoms. The van der Waals surface area contributed by atoms with Crippen molar-refractivity contribution in [1.29, 1.82) is 0 Å². The van der Waals surface area contributed by atoms with Crippen LogP contribution in [0.4, 0.5) is 5.82 Å². The number of ether oxygens (including phenoxy) is 4. The molecule has 14 nitrogen and oxygen atoms in total. The lowest BCUT2D eigenvalue weighted by Gasteiger charge is -2.28. The van der Waals surface area contributed by atoms with Crippen molar-refractivity contribution in [3.05, 3.63) is 22.7 Å². The minimum atomic E-state index is -1.87. The van der Waals surface area contributed by atoms with Crippen LogP contribution in [0.5, 0.6) is 0 Å². The van der Waals surface area contributed by atoms with Crippen molar-refractivity contribution in [2.75, 3.05) is 18.9 Å². The Labute approximate surface area is 195 Å². The van der Waals surface area contributed by atoms with Gasteiger partial charge in [-0.2, -0.15) is 4.98 Å². The number of aliphatic hydroxyl groups is 4. The number of nitrogen functional groups attached to an aromatic ring is 1. The van der Waals surface area contributed by atoms with Crippen molar-refractivity contribution in [1.82, 2.24) is 9.55 Å². The molecule has 3 heterocycles. The first-order valence-corrected chi connectivity index (χ1v) is 10.8. The summed E-state index contributed by atoms with van der Waals surface area (Å²) >= 11 is 0. The molecule has 9 atom stereocenters. The van der Waals surface area contributed by atoms with E-state index in [2.05, 4.69) is 4.98 Å². The van der Waals surface area contributed by atoms with E-state index >= 15 is 0 Å². The van der Waals surface area contributed by atoms with Gasteiger partial charge in [-0.15, -0.1) is 0 Å². The van der Waals surface area contributed by atoms with Crippen LogP contribution in [-0.2, 0) is 23.7 Å². The zero-order valence-corrected chi connectivity index (χ0v) is 19.1. The quantitative estimate of drug-likeness (QED) is 0.199. The third-order valence-electron chi connectivity index (χ3n) is 6.00. The first kappa shape index (κ1) is 26.4. The minimum Gasteiger partial charge on any atom is -0.455 e. The van der Waals surface area contributed by atoms with Gasteiger partial charge in [-0.05, 0) is 18.9 Å².